The summed E-state index contributed by atoms with van der Waals surface area (Å²) in [7, 11) is 0. The molecule has 14 nitrogen and oxygen atoms in total. The van der Waals surface area contributed by atoms with Gasteiger partial charge in [0, 0.05) is 52.0 Å². The Labute approximate surface area is 486 Å². The molecule has 14 heteroatoms. The van der Waals surface area contributed by atoms with Gasteiger partial charge in [-0.05, 0) is 118 Å². The molecule has 1 atom stereocenters. The maximum Gasteiger partial charge on any atom is 0.407 e. The van der Waals surface area contributed by atoms with Crippen LogP contribution < -0.4 is 5.32 Å². The Morgan fingerprint density at radius 1 is 0.438 bits per heavy atom. The molecular weight excluding hydrogens is 1010 g/mol. The molecule has 0 bridgehead atoms. The van der Waals surface area contributed by atoms with Gasteiger partial charge in [-0.3, -0.25) is 19.2 Å². The smallest absolute Gasteiger partial charge is 0.407 e. The molecule has 1 unspecified atom stereocenters. The van der Waals surface area contributed by atoms with Gasteiger partial charge in [0.2, 0.25) is 0 Å². The summed E-state index contributed by atoms with van der Waals surface area (Å²) >= 11 is 0. The number of carbonyl (C=O) groups excluding carboxylic acids is 5. The van der Waals surface area contributed by atoms with Crippen LogP contribution in [0, 0.1) is 5.92 Å². The number of rotatable bonds is 54. The zero-order chi connectivity index (χ0) is 57.9. The fourth-order valence-electron chi connectivity index (χ4n) is 10.2. The van der Waals surface area contributed by atoms with Crippen molar-refractivity contribution in [2.24, 2.45) is 5.92 Å². The van der Waals surface area contributed by atoms with Gasteiger partial charge in [0.05, 0.1) is 13.0 Å². The Bertz CT molecular complexity index is 1680. The third-order valence-electron chi connectivity index (χ3n) is 15.2. The van der Waals surface area contributed by atoms with Crippen LogP contribution in [0.3, 0.4) is 0 Å². The summed E-state index contributed by atoms with van der Waals surface area (Å²) in [6.45, 7) is 16.0. The molecule has 1 fully saturated rings. The van der Waals surface area contributed by atoms with E-state index in [2.05, 4.69) is 44.8 Å². The zero-order valence-corrected chi connectivity index (χ0v) is 51.5. The van der Waals surface area contributed by atoms with Gasteiger partial charge in [-0.2, -0.15) is 0 Å². The van der Waals surface area contributed by atoms with Crippen molar-refractivity contribution in [1.82, 2.24) is 10.2 Å². The van der Waals surface area contributed by atoms with E-state index in [-0.39, 0.29) is 57.0 Å². The largest absolute Gasteiger partial charge is 0.466 e. The summed E-state index contributed by atoms with van der Waals surface area (Å²) in [4.78, 5) is 67.2. The highest BCUT2D eigenvalue weighted by Gasteiger charge is 2.20. The normalized spacial score (nSPS) is 13.0. The van der Waals surface area contributed by atoms with E-state index in [9.17, 15) is 24.0 Å². The highest BCUT2D eigenvalue weighted by Crippen LogP contribution is 2.23. The number of unbranched alkanes of at least 4 members (excludes halogenated alkanes) is 19. The number of hydrogen-bond donors (Lipinski definition) is 1. The molecular formula is C66H116N2O12. The first-order valence-corrected chi connectivity index (χ1v) is 32.7. The average Bonchev–Trinajstić information content (AvgIpc) is 3.99. The minimum atomic E-state index is -0.484. The van der Waals surface area contributed by atoms with Crippen LogP contribution in [0.4, 0.5) is 4.79 Å². The highest BCUT2D eigenvalue weighted by molar-refractivity contribution is 5.71. The van der Waals surface area contributed by atoms with Crippen molar-refractivity contribution in [3.63, 3.8) is 0 Å². The van der Waals surface area contributed by atoms with E-state index >= 15 is 0 Å². The Kier molecular flexibility index (Phi) is 46.1. The van der Waals surface area contributed by atoms with Crippen molar-refractivity contribution < 1.29 is 57.1 Å². The molecule has 1 N–H and O–H groups in total. The first-order valence-electron chi connectivity index (χ1n) is 32.7. The summed E-state index contributed by atoms with van der Waals surface area (Å²) in [5, 5.41) is 2.89. The van der Waals surface area contributed by atoms with E-state index < -0.39 is 24.5 Å². The SMILES string of the molecule is CCCCCCCCOC(CCC(=O)OCc1cc(COC(=O)CCCCCC(=O)OCCC(CCCCC)CCCCC)cc(COC(=O)CCC(CCCCCC)OC(=O)NCCN2CCCC2)c1)OCCCCCCCC. The van der Waals surface area contributed by atoms with Crippen LogP contribution in [0.5, 0.6) is 0 Å². The Balaban J connectivity index is 2.02. The average molecular weight is 1130 g/mol. The summed E-state index contributed by atoms with van der Waals surface area (Å²) in [6.07, 6.45) is 33.8. The summed E-state index contributed by atoms with van der Waals surface area (Å²) in [5.41, 5.74) is 1.99. The van der Waals surface area contributed by atoms with Gasteiger partial charge < -0.3 is 43.4 Å². The number of esters is 4. The van der Waals surface area contributed by atoms with Crippen molar-refractivity contribution in [1.29, 1.82) is 0 Å². The minimum absolute atomic E-state index is 0.0174. The van der Waals surface area contributed by atoms with E-state index in [1.54, 1.807) is 0 Å². The molecule has 1 aromatic rings. The second-order valence-corrected chi connectivity index (χ2v) is 22.7. The molecule has 462 valence electrons. The molecule has 2 rings (SSSR count). The topological polar surface area (TPSA) is 165 Å². The van der Waals surface area contributed by atoms with Crippen LogP contribution in [-0.2, 0) is 72.2 Å². The number of nitrogens with one attached hydrogen (secondary N) is 1. The van der Waals surface area contributed by atoms with Gasteiger partial charge in [-0.25, -0.2) is 4.79 Å². The first-order chi connectivity index (χ1) is 39.1. The van der Waals surface area contributed by atoms with Crippen molar-refractivity contribution >= 4 is 30.0 Å². The van der Waals surface area contributed by atoms with Crippen LogP contribution in [0.15, 0.2) is 18.2 Å². The lowest BCUT2D eigenvalue weighted by atomic mass is 9.92. The monoisotopic (exact) mass is 1130 g/mol. The highest BCUT2D eigenvalue weighted by atomic mass is 16.7. The molecule has 1 aromatic carbocycles. The number of alkyl carbamates (subject to hydrolysis) is 1. The lowest BCUT2D eigenvalue weighted by Crippen LogP contribution is -2.35. The standard InChI is InChI=1S/C66H116N2O12/c1-6-11-16-19-21-31-47-75-65(76-48-32-22-20-17-12-7-2)41-40-64(72)79-55-59-51-57(53-77-62(70)37-28-23-27-36-61(69)74-49-42-56(33-24-14-9-4)34-25-15-10-5)50-58(52-59)54-78-63(71)39-38-60(35-26-18-13-8-3)80-66(73)67-43-46-68-44-29-30-45-68/h50-52,56,60,65H,6-49,53-55H2,1-5H3,(H,67,73). The molecule has 1 amide bonds. The van der Waals surface area contributed by atoms with Gasteiger partial charge >= 0.3 is 30.0 Å². The molecule has 1 aliphatic heterocycles. The zero-order valence-electron chi connectivity index (χ0n) is 51.5. The van der Waals surface area contributed by atoms with Gasteiger partial charge in [-0.1, -0.05) is 176 Å². The number of ether oxygens (including phenoxy) is 7. The molecule has 80 heavy (non-hydrogen) atoms. The van der Waals surface area contributed by atoms with Gasteiger partial charge in [0.25, 0.3) is 0 Å². The molecule has 1 aliphatic rings. The number of nitrogens with zero attached hydrogens (tertiary/aromatic N) is 1. The number of amides is 1. The van der Waals surface area contributed by atoms with Crippen LogP contribution in [0.1, 0.15) is 289 Å². The lowest BCUT2D eigenvalue weighted by molar-refractivity contribution is -0.160. The Morgan fingerprint density at radius 2 is 0.850 bits per heavy atom. The molecule has 1 heterocycles. The van der Waals surface area contributed by atoms with E-state index in [1.165, 1.54) is 116 Å². The predicted octanol–water partition coefficient (Wildman–Crippen LogP) is 16.3. The summed E-state index contributed by atoms with van der Waals surface area (Å²) in [6, 6.07) is 5.50. The predicted molar refractivity (Wildman–Crippen MR) is 320 cm³/mol. The van der Waals surface area contributed by atoms with Crippen LogP contribution >= 0.6 is 0 Å². The van der Waals surface area contributed by atoms with Crippen molar-refractivity contribution in [2.75, 3.05) is 46.0 Å². The summed E-state index contributed by atoms with van der Waals surface area (Å²) in [5.74, 6) is -0.718. The Morgan fingerprint density at radius 3 is 1.36 bits per heavy atom. The van der Waals surface area contributed by atoms with Gasteiger partial charge in [0.1, 0.15) is 25.9 Å². The number of benzene rings is 1. The second-order valence-electron chi connectivity index (χ2n) is 22.7. The van der Waals surface area contributed by atoms with E-state index in [4.69, 9.17) is 33.2 Å². The number of likely N-dealkylation sites (tertiary alicyclic amines) is 1. The molecule has 0 spiro atoms. The Hall–Kier alpha value is -3.75. The van der Waals surface area contributed by atoms with Crippen LogP contribution in [-0.4, -0.2) is 93.3 Å². The van der Waals surface area contributed by atoms with Gasteiger partial charge in [0.15, 0.2) is 6.29 Å². The lowest BCUT2D eigenvalue weighted by Gasteiger charge is -2.19. The fraction of sp³-hybridized carbons (Fsp3) is 0.833. The maximum absolute atomic E-state index is 13.3. The maximum atomic E-state index is 13.3. The second kappa shape index (κ2) is 50.9. The molecule has 0 aliphatic carbocycles. The first kappa shape index (κ1) is 72.4. The molecule has 0 saturated carbocycles. The van der Waals surface area contributed by atoms with Crippen LogP contribution in [0.25, 0.3) is 0 Å². The van der Waals surface area contributed by atoms with Gasteiger partial charge in [-0.15, -0.1) is 0 Å². The number of carbonyl (C=O) groups is 5. The molecule has 1 saturated heterocycles. The van der Waals surface area contributed by atoms with E-state index in [0.29, 0.717) is 93.9 Å². The quantitative estimate of drug-likeness (QED) is 0.0284. The van der Waals surface area contributed by atoms with Crippen molar-refractivity contribution in [3.05, 3.63) is 34.9 Å². The van der Waals surface area contributed by atoms with Crippen molar-refractivity contribution in [3.8, 4) is 0 Å². The van der Waals surface area contributed by atoms with Crippen molar-refractivity contribution in [2.45, 2.75) is 304 Å². The number of hydrogen-bond acceptors (Lipinski definition) is 13. The van der Waals surface area contributed by atoms with Crippen LogP contribution in [0.2, 0.25) is 0 Å². The van der Waals surface area contributed by atoms with E-state index in [0.717, 1.165) is 77.4 Å². The third kappa shape index (κ3) is 41.3. The summed E-state index contributed by atoms with van der Waals surface area (Å²) < 4.78 is 41.1. The molecule has 0 aromatic heterocycles. The third-order valence-corrected chi connectivity index (χ3v) is 15.2. The van der Waals surface area contributed by atoms with E-state index in [1.807, 2.05) is 18.2 Å². The molecule has 0 radical (unpaired) electrons. The fourth-order valence-corrected chi connectivity index (χ4v) is 10.2. The minimum Gasteiger partial charge on any atom is -0.466 e.